The molecule has 1 aromatic heterocycles. The number of aryl methyl sites for hydroxylation is 2. The van der Waals surface area contributed by atoms with Gasteiger partial charge in [-0.1, -0.05) is 28.9 Å². The molecule has 0 fully saturated rings. The second-order valence-electron chi connectivity index (χ2n) is 5.77. The first-order valence-electron chi connectivity index (χ1n) is 7.54. The minimum absolute atomic E-state index is 0.0535. The third-order valence-corrected chi connectivity index (χ3v) is 4.69. The number of nitrogens with zero attached hydrogens (tertiary/aromatic N) is 1. The first-order valence-corrected chi connectivity index (χ1v) is 7.92. The highest BCUT2D eigenvalue weighted by molar-refractivity contribution is 6.31. The molecule has 0 saturated heterocycles. The van der Waals surface area contributed by atoms with Crippen LogP contribution in [0.15, 0.2) is 22.7 Å². The predicted molar refractivity (Wildman–Crippen MR) is 85.0 cm³/mol. The van der Waals surface area contributed by atoms with Crippen LogP contribution in [0.1, 0.15) is 47.0 Å². The molecule has 22 heavy (non-hydrogen) atoms. The summed E-state index contributed by atoms with van der Waals surface area (Å²) in [5, 5.41) is 7.83. The van der Waals surface area contributed by atoms with Crippen LogP contribution >= 0.6 is 11.6 Å². The molecule has 1 aliphatic rings. The van der Waals surface area contributed by atoms with Gasteiger partial charge in [0.15, 0.2) is 0 Å². The highest BCUT2D eigenvalue weighted by Crippen LogP contribution is 2.35. The van der Waals surface area contributed by atoms with Gasteiger partial charge in [0.1, 0.15) is 5.76 Å². The zero-order chi connectivity index (χ0) is 15.7. The van der Waals surface area contributed by atoms with Crippen LogP contribution in [0, 0.1) is 13.8 Å². The van der Waals surface area contributed by atoms with Gasteiger partial charge >= 0.3 is 0 Å². The van der Waals surface area contributed by atoms with E-state index in [-0.39, 0.29) is 11.9 Å². The highest BCUT2D eigenvalue weighted by Gasteiger charge is 2.25. The molecule has 1 amide bonds. The number of aromatic nitrogens is 1. The van der Waals surface area contributed by atoms with Gasteiger partial charge in [0, 0.05) is 17.0 Å². The molecular weight excluding hydrogens is 300 g/mol. The number of halogens is 1. The standard InChI is InChI=1S/C17H19ClN2O2/c1-10-12(11(2)22-20-10)7-9-17(21)19-16-8-6-13-14(16)4-3-5-15(13)18/h3-5,16H,6-9H2,1-2H3,(H,19,21). The number of hydrogen-bond acceptors (Lipinski definition) is 3. The Bertz CT molecular complexity index is 689. The molecule has 1 aromatic carbocycles. The van der Waals surface area contributed by atoms with E-state index in [4.69, 9.17) is 16.1 Å². The summed E-state index contributed by atoms with van der Waals surface area (Å²) in [5.41, 5.74) is 4.21. The lowest BCUT2D eigenvalue weighted by Crippen LogP contribution is -2.27. The van der Waals surface area contributed by atoms with Crippen LogP contribution in [0.2, 0.25) is 5.02 Å². The zero-order valence-corrected chi connectivity index (χ0v) is 13.5. The van der Waals surface area contributed by atoms with Crippen LogP contribution in [-0.2, 0) is 17.6 Å². The Hall–Kier alpha value is -1.81. The number of benzene rings is 1. The van der Waals surface area contributed by atoms with E-state index in [0.717, 1.165) is 40.4 Å². The second-order valence-corrected chi connectivity index (χ2v) is 6.18. The molecule has 2 aromatic rings. The number of nitrogens with one attached hydrogen (secondary N) is 1. The van der Waals surface area contributed by atoms with Crippen LogP contribution in [0.3, 0.4) is 0 Å². The van der Waals surface area contributed by atoms with Gasteiger partial charge in [0.25, 0.3) is 0 Å². The molecular formula is C17H19ClN2O2. The summed E-state index contributed by atoms with van der Waals surface area (Å²) in [6, 6.07) is 5.97. The first-order chi connectivity index (χ1) is 10.6. The SMILES string of the molecule is Cc1noc(C)c1CCC(=O)NC1CCc2c(Cl)cccc21. The number of carbonyl (C=O) groups is 1. The number of hydrogen-bond donors (Lipinski definition) is 1. The van der Waals surface area contributed by atoms with Crippen molar-refractivity contribution < 1.29 is 9.32 Å². The van der Waals surface area contributed by atoms with Crippen molar-refractivity contribution in [2.24, 2.45) is 0 Å². The van der Waals surface area contributed by atoms with E-state index in [1.807, 2.05) is 32.0 Å². The average molecular weight is 319 g/mol. The molecule has 3 rings (SSSR count). The van der Waals surface area contributed by atoms with Gasteiger partial charge in [-0.3, -0.25) is 4.79 Å². The summed E-state index contributed by atoms with van der Waals surface area (Å²) in [5.74, 6) is 0.848. The van der Waals surface area contributed by atoms with Crippen molar-refractivity contribution >= 4 is 17.5 Å². The van der Waals surface area contributed by atoms with E-state index >= 15 is 0 Å². The average Bonchev–Trinajstić information content (AvgIpc) is 3.03. The Morgan fingerprint density at radius 3 is 3.00 bits per heavy atom. The summed E-state index contributed by atoms with van der Waals surface area (Å²) >= 11 is 6.20. The lowest BCUT2D eigenvalue weighted by molar-refractivity contribution is -0.121. The minimum atomic E-state index is 0.0535. The molecule has 1 unspecified atom stereocenters. The molecule has 0 aliphatic heterocycles. The van der Waals surface area contributed by atoms with E-state index in [2.05, 4.69) is 10.5 Å². The van der Waals surface area contributed by atoms with E-state index in [1.54, 1.807) is 0 Å². The predicted octanol–water partition coefficient (Wildman–Crippen LogP) is 3.68. The molecule has 5 heteroatoms. The second kappa shape index (κ2) is 6.13. The molecule has 0 saturated carbocycles. The van der Waals surface area contributed by atoms with Gasteiger partial charge in [0.2, 0.25) is 5.91 Å². The fourth-order valence-electron chi connectivity index (χ4n) is 3.12. The number of fused-ring (bicyclic) bond motifs is 1. The van der Waals surface area contributed by atoms with Crippen molar-refractivity contribution in [1.82, 2.24) is 10.5 Å². The van der Waals surface area contributed by atoms with Crippen LogP contribution < -0.4 is 5.32 Å². The summed E-state index contributed by atoms with van der Waals surface area (Å²) in [4.78, 5) is 12.2. The van der Waals surface area contributed by atoms with Gasteiger partial charge in [-0.2, -0.15) is 0 Å². The van der Waals surface area contributed by atoms with Gasteiger partial charge in [-0.05, 0) is 50.3 Å². The third-order valence-electron chi connectivity index (χ3n) is 4.33. The van der Waals surface area contributed by atoms with Crippen LogP contribution in [0.5, 0.6) is 0 Å². The van der Waals surface area contributed by atoms with Gasteiger partial charge in [0.05, 0.1) is 11.7 Å². The number of carbonyl (C=O) groups excluding carboxylic acids is 1. The normalized spacial score (nSPS) is 16.6. The van der Waals surface area contributed by atoms with Crippen molar-refractivity contribution in [2.45, 2.75) is 45.6 Å². The molecule has 1 N–H and O–H groups in total. The number of amides is 1. The molecule has 0 bridgehead atoms. The van der Waals surface area contributed by atoms with Crippen LogP contribution in [0.25, 0.3) is 0 Å². The van der Waals surface area contributed by atoms with Crippen molar-refractivity contribution in [3.63, 3.8) is 0 Å². The first kappa shape index (κ1) is 15.1. The van der Waals surface area contributed by atoms with Crippen LogP contribution in [-0.4, -0.2) is 11.1 Å². The maximum atomic E-state index is 12.2. The zero-order valence-electron chi connectivity index (χ0n) is 12.8. The van der Waals surface area contributed by atoms with Crippen molar-refractivity contribution in [3.05, 3.63) is 51.4 Å². The summed E-state index contributed by atoms with van der Waals surface area (Å²) in [6.07, 6.45) is 2.93. The van der Waals surface area contributed by atoms with E-state index in [9.17, 15) is 4.79 Å². The molecule has 1 atom stereocenters. The van der Waals surface area contributed by atoms with Gasteiger partial charge in [-0.25, -0.2) is 0 Å². The Kier molecular flexibility index (Phi) is 4.21. The third kappa shape index (κ3) is 2.88. The summed E-state index contributed by atoms with van der Waals surface area (Å²) in [7, 11) is 0. The molecule has 1 aliphatic carbocycles. The molecule has 4 nitrogen and oxygen atoms in total. The lowest BCUT2D eigenvalue weighted by Gasteiger charge is -2.14. The monoisotopic (exact) mass is 318 g/mol. The quantitative estimate of drug-likeness (QED) is 0.935. The fraction of sp³-hybridized carbons (Fsp3) is 0.412. The van der Waals surface area contributed by atoms with E-state index < -0.39 is 0 Å². The van der Waals surface area contributed by atoms with Crippen LogP contribution in [0.4, 0.5) is 0 Å². The topological polar surface area (TPSA) is 55.1 Å². The molecule has 0 radical (unpaired) electrons. The van der Waals surface area contributed by atoms with E-state index in [1.165, 1.54) is 5.56 Å². The molecule has 116 valence electrons. The van der Waals surface area contributed by atoms with Crippen molar-refractivity contribution in [2.75, 3.05) is 0 Å². The Labute approximate surface area is 134 Å². The lowest BCUT2D eigenvalue weighted by atomic mass is 10.1. The Morgan fingerprint density at radius 2 is 2.27 bits per heavy atom. The fourth-order valence-corrected chi connectivity index (χ4v) is 3.40. The van der Waals surface area contributed by atoms with Crippen molar-refractivity contribution in [3.8, 4) is 0 Å². The largest absolute Gasteiger partial charge is 0.361 e. The Morgan fingerprint density at radius 1 is 1.45 bits per heavy atom. The van der Waals surface area contributed by atoms with E-state index in [0.29, 0.717) is 12.8 Å². The molecule has 1 heterocycles. The number of rotatable bonds is 4. The van der Waals surface area contributed by atoms with Crippen molar-refractivity contribution in [1.29, 1.82) is 0 Å². The molecule has 0 spiro atoms. The van der Waals surface area contributed by atoms with Gasteiger partial charge < -0.3 is 9.84 Å². The maximum Gasteiger partial charge on any atom is 0.220 e. The minimum Gasteiger partial charge on any atom is -0.361 e. The Balaban J connectivity index is 1.61. The highest BCUT2D eigenvalue weighted by atomic mass is 35.5. The maximum absolute atomic E-state index is 12.2. The smallest absolute Gasteiger partial charge is 0.220 e. The van der Waals surface area contributed by atoms with Gasteiger partial charge in [-0.15, -0.1) is 0 Å². The summed E-state index contributed by atoms with van der Waals surface area (Å²) < 4.78 is 5.12. The summed E-state index contributed by atoms with van der Waals surface area (Å²) in [6.45, 7) is 3.78.